The second-order valence-corrected chi connectivity index (χ2v) is 10.4. The molecule has 1 saturated heterocycles. The summed E-state index contributed by atoms with van der Waals surface area (Å²) in [5.41, 5.74) is 5.41. The maximum absolute atomic E-state index is 10.7. The number of aliphatic hydroxyl groups excluding tert-OH is 1. The first kappa shape index (κ1) is 22.6. The molecule has 3 N–H and O–H groups in total. The van der Waals surface area contributed by atoms with Gasteiger partial charge in [0.25, 0.3) is 0 Å². The number of benzene rings is 1. The van der Waals surface area contributed by atoms with Crippen molar-refractivity contribution in [1.29, 1.82) is 0 Å². The van der Waals surface area contributed by atoms with Crippen LogP contribution in [-0.2, 0) is 0 Å². The highest BCUT2D eigenvalue weighted by molar-refractivity contribution is 6.33. The van der Waals surface area contributed by atoms with Crippen LogP contribution in [0.2, 0.25) is 5.02 Å². The van der Waals surface area contributed by atoms with Crippen LogP contribution in [0.15, 0.2) is 55.0 Å². The third kappa shape index (κ3) is 3.83. The van der Waals surface area contributed by atoms with Crippen LogP contribution in [-0.4, -0.2) is 62.3 Å². The lowest BCUT2D eigenvalue weighted by atomic mass is 10.1. The molecular formula is C28H26ClN7O. The lowest BCUT2D eigenvalue weighted by Gasteiger charge is -2.29. The van der Waals surface area contributed by atoms with Gasteiger partial charge in [0.15, 0.2) is 5.82 Å². The molecule has 1 saturated carbocycles. The summed E-state index contributed by atoms with van der Waals surface area (Å²) in [4.78, 5) is 24.8. The lowest BCUT2D eigenvalue weighted by molar-refractivity contribution is 0.176. The van der Waals surface area contributed by atoms with Crippen LogP contribution in [0, 0.1) is 0 Å². The number of nitrogens with one attached hydrogen (secondary N) is 2. The van der Waals surface area contributed by atoms with Gasteiger partial charge in [0, 0.05) is 65.1 Å². The van der Waals surface area contributed by atoms with Gasteiger partial charge in [-0.15, -0.1) is 0 Å². The normalized spacial score (nSPS) is 19.6. The van der Waals surface area contributed by atoms with Crippen molar-refractivity contribution in [3.63, 3.8) is 0 Å². The van der Waals surface area contributed by atoms with Crippen molar-refractivity contribution in [2.24, 2.45) is 0 Å². The molecule has 2 fully saturated rings. The Morgan fingerprint density at radius 1 is 1.05 bits per heavy atom. The van der Waals surface area contributed by atoms with E-state index in [0.29, 0.717) is 29.9 Å². The summed E-state index contributed by atoms with van der Waals surface area (Å²) in [6.07, 6.45) is 7.37. The van der Waals surface area contributed by atoms with Crippen LogP contribution in [0.25, 0.3) is 44.6 Å². The zero-order valence-corrected chi connectivity index (χ0v) is 21.1. The smallest absolute Gasteiger partial charge is 0.163 e. The van der Waals surface area contributed by atoms with E-state index in [-0.39, 0.29) is 6.04 Å². The van der Waals surface area contributed by atoms with E-state index in [9.17, 15) is 5.11 Å². The first-order chi connectivity index (χ1) is 18.1. The number of aromatic amines is 1. The van der Waals surface area contributed by atoms with E-state index in [2.05, 4.69) is 31.2 Å². The Hall–Kier alpha value is -3.59. The average Bonchev–Trinajstić information content (AvgIpc) is 3.53. The van der Waals surface area contributed by atoms with Crippen LogP contribution < -0.4 is 10.2 Å². The van der Waals surface area contributed by atoms with E-state index in [1.54, 1.807) is 6.20 Å². The predicted molar refractivity (Wildman–Crippen MR) is 146 cm³/mol. The zero-order chi connectivity index (χ0) is 25.1. The van der Waals surface area contributed by atoms with Gasteiger partial charge in [-0.3, -0.25) is 4.98 Å². The van der Waals surface area contributed by atoms with Crippen molar-refractivity contribution in [2.45, 2.75) is 30.9 Å². The maximum Gasteiger partial charge on any atom is 0.163 e. The number of pyridine rings is 2. The second kappa shape index (κ2) is 8.76. The maximum atomic E-state index is 10.7. The molecule has 8 nitrogen and oxygen atoms in total. The molecule has 37 heavy (non-hydrogen) atoms. The number of nitrogens with zero attached hydrogens (tertiary/aromatic N) is 5. The summed E-state index contributed by atoms with van der Waals surface area (Å²) < 4.78 is 0. The van der Waals surface area contributed by atoms with Crippen molar-refractivity contribution < 1.29 is 5.11 Å². The van der Waals surface area contributed by atoms with Crippen LogP contribution in [0.5, 0.6) is 0 Å². The van der Waals surface area contributed by atoms with E-state index in [0.717, 1.165) is 57.4 Å². The largest absolute Gasteiger partial charge is 0.390 e. The molecule has 0 unspecified atom stereocenters. The summed E-state index contributed by atoms with van der Waals surface area (Å²) in [6, 6.07) is 11.7. The van der Waals surface area contributed by atoms with Crippen molar-refractivity contribution in [3.05, 3.63) is 65.6 Å². The van der Waals surface area contributed by atoms with Gasteiger partial charge in [-0.2, -0.15) is 0 Å². The standard InChI is InChI=1S/C28H26ClN7O/c1-36(23-13-31-14-24(23)37)28-25-19(15-6-7-15)11-30-12-22(25)34-27(35-28)16-8-9-32-26-18(16)10-21(33-26)17-4-2-3-5-20(17)29/h2-5,8-12,15,23-24,31,37H,6-7,13-14H2,1H3,(H,32,33)/t23-,24-/m1/s1. The summed E-state index contributed by atoms with van der Waals surface area (Å²) in [7, 11) is 2.01. The third-order valence-corrected chi connectivity index (χ3v) is 7.88. The number of rotatable bonds is 5. The van der Waals surface area contributed by atoms with Crippen LogP contribution >= 0.6 is 11.6 Å². The molecule has 0 amide bonds. The summed E-state index contributed by atoms with van der Waals surface area (Å²) in [5.74, 6) is 1.91. The number of fused-ring (bicyclic) bond motifs is 2. The Balaban J connectivity index is 1.43. The monoisotopic (exact) mass is 511 g/mol. The average molecular weight is 512 g/mol. The number of aromatic nitrogens is 5. The van der Waals surface area contributed by atoms with Gasteiger partial charge >= 0.3 is 0 Å². The van der Waals surface area contributed by atoms with Crippen molar-refractivity contribution in [2.75, 3.05) is 25.0 Å². The van der Waals surface area contributed by atoms with Gasteiger partial charge in [-0.1, -0.05) is 29.8 Å². The Labute approximate surface area is 218 Å². The molecule has 1 aromatic carbocycles. The molecule has 2 aliphatic rings. The number of halogens is 1. The van der Waals surface area contributed by atoms with Crippen molar-refractivity contribution in [3.8, 4) is 22.6 Å². The molecule has 1 aliphatic carbocycles. The fourth-order valence-electron chi connectivity index (χ4n) is 5.42. The molecule has 4 aromatic heterocycles. The molecule has 0 spiro atoms. The van der Waals surface area contributed by atoms with Gasteiger partial charge in [0.2, 0.25) is 0 Å². The van der Waals surface area contributed by atoms with E-state index in [4.69, 9.17) is 21.6 Å². The highest BCUT2D eigenvalue weighted by atomic mass is 35.5. The predicted octanol–water partition coefficient (Wildman–Crippen LogP) is 4.53. The number of H-pyrrole nitrogens is 1. The first-order valence-electron chi connectivity index (χ1n) is 12.6. The number of aliphatic hydroxyl groups is 1. The van der Waals surface area contributed by atoms with Crippen LogP contribution in [0.4, 0.5) is 5.82 Å². The topological polar surface area (TPSA) is 103 Å². The van der Waals surface area contributed by atoms with Gasteiger partial charge < -0.3 is 20.3 Å². The lowest BCUT2D eigenvalue weighted by Crippen LogP contribution is -2.41. The molecule has 186 valence electrons. The SMILES string of the molecule is CN(c1nc(-c2ccnc3[nH]c(-c4ccccc4Cl)cc23)nc2cncc(C3CC3)c12)[C@@H]1CNC[C@H]1O. The molecule has 9 heteroatoms. The van der Waals surface area contributed by atoms with Gasteiger partial charge in [0.1, 0.15) is 11.5 Å². The molecule has 2 atom stereocenters. The Bertz CT molecular complexity index is 1650. The number of hydrogen-bond acceptors (Lipinski definition) is 7. The molecule has 1 aliphatic heterocycles. The summed E-state index contributed by atoms with van der Waals surface area (Å²) in [5, 5.41) is 16.6. The quantitative estimate of drug-likeness (QED) is 0.318. The van der Waals surface area contributed by atoms with Crippen molar-refractivity contribution in [1.82, 2.24) is 30.2 Å². The number of likely N-dealkylation sites (N-methyl/N-ethyl adjacent to an activating group) is 1. The zero-order valence-electron chi connectivity index (χ0n) is 20.3. The summed E-state index contributed by atoms with van der Waals surface area (Å²) >= 11 is 6.48. The highest BCUT2D eigenvalue weighted by Crippen LogP contribution is 2.45. The molecule has 5 aromatic rings. The second-order valence-electron chi connectivity index (χ2n) is 9.96. The van der Waals surface area contributed by atoms with Gasteiger partial charge in [0.05, 0.1) is 23.9 Å². The fraction of sp³-hybridized carbons (Fsp3) is 0.286. The van der Waals surface area contributed by atoms with E-state index < -0.39 is 6.10 Å². The fourth-order valence-corrected chi connectivity index (χ4v) is 5.66. The Kier molecular flexibility index (Phi) is 5.35. The Morgan fingerprint density at radius 3 is 2.70 bits per heavy atom. The molecule has 5 heterocycles. The molecule has 0 radical (unpaired) electrons. The molecular weight excluding hydrogens is 486 g/mol. The third-order valence-electron chi connectivity index (χ3n) is 7.55. The highest BCUT2D eigenvalue weighted by Gasteiger charge is 2.33. The van der Waals surface area contributed by atoms with Crippen LogP contribution in [0.1, 0.15) is 24.3 Å². The molecule has 0 bridgehead atoms. The van der Waals surface area contributed by atoms with Crippen LogP contribution in [0.3, 0.4) is 0 Å². The number of β-amino-alcohol motifs (C(OH)–C–C–N with tert-alkyl or cyclic N) is 1. The van der Waals surface area contributed by atoms with Crippen molar-refractivity contribution >= 4 is 39.4 Å². The van der Waals surface area contributed by atoms with E-state index in [1.165, 1.54) is 5.56 Å². The van der Waals surface area contributed by atoms with Gasteiger partial charge in [-0.25, -0.2) is 15.0 Å². The molecule has 7 rings (SSSR count). The minimum Gasteiger partial charge on any atom is -0.390 e. The van der Waals surface area contributed by atoms with E-state index in [1.807, 2.05) is 49.8 Å². The summed E-state index contributed by atoms with van der Waals surface area (Å²) in [6.45, 7) is 1.27. The van der Waals surface area contributed by atoms with E-state index >= 15 is 0 Å². The Morgan fingerprint density at radius 2 is 1.92 bits per heavy atom. The minimum absolute atomic E-state index is 0.0808. The number of anilines is 1. The van der Waals surface area contributed by atoms with Gasteiger partial charge in [-0.05, 0) is 42.5 Å². The first-order valence-corrected chi connectivity index (χ1v) is 13.0. The minimum atomic E-state index is -0.472. The number of hydrogen-bond donors (Lipinski definition) is 3.